The van der Waals surface area contributed by atoms with Crippen molar-refractivity contribution in [2.45, 2.75) is 19.3 Å². The summed E-state index contributed by atoms with van der Waals surface area (Å²) in [7, 11) is 1.81. The lowest BCUT2D eigenvalue weighted by Crippen LogP contribution is -2.40. The Labute approximate surface area is 67.8 Å². The average molecular weight is 156 g/mol. The summed E-state index contributed by atoms with van der Waals surface area (Å²) in [6, 6.07) is 0. The molecule has 1 amide bonds. The normalized spacial score (nSPS) is 18.5. The van der Waals surface area contributed by atoms with Gasteiger partial charge in [-0.2, -0.15) is 0 Å². The van der Waals surface area contributed by atoms with Gasteiger partial charge in [0.15, 0.2) is 0 Å². The topological polar surface area (TPSA) is 32.3 Å². The third-order valence-corrected chi connectivity index (χ3v) is 2.04. The van der Waals surface area contributed by atoms with E-state index < -0.39 is 0 Å². The number of amides is 1. The van der Waals surface area contributed by atoms with Gasteiger partial charge in [-0.25, -0.2) is 0 Å². The minimum atomic E-state index is 0.243. The highest BCUT2D eigenvalue weighted by Crippen LogP contribution is 2.07. The number of rotatable bonds is 2. The molecule has 1 saturated heterocycles. The third kappa shape index (κ3) is 2.50. The van der Waals surface area contributed by atoms with E-state index >= 15 is 0 Å². The maximum Gasteiger partial charge on any atom is 0.236 e. The second-order valence-electron chi connectivity index (χ2n) is 2.97. The van der Waals surface area contributed by atoms with Gasteiger partial charge < -0.3 is 10.2 Å². The number of likely N-dealkylation sites (N-methyl/N-ethyl adjacent to an activating group) is 1. The Morgan fingerprint density at radius 3 is 2.55 bits per heavy atom. The molecule has 0 atom stereocenters. The van der Waals surface area contributed by atoms with Crippen LogP contribution in [-0.4, -0.2) is 37.5 Å². The van der Waals surface area contributed by atoms with Gasteiger partial charge in [0, 0.05) is 13.1 Å². The van der Waals surface area contributed by atoms with Crippen LogP contribution >= 0.6 is 0 Å². The number of hydrogen-bond donors (Lipinski definition) is 1. The summed E-state index contributed by atoms with van der Waals surface area (Å²) in [5.41, 5.74) is 0. The van der Waals surface area contributed by atoms with E-state index in [1.165, 1.54) is 19.3 Å². The molecule has 1 aliphatic heterocycles. The van der Waals surface area contributed by atoms with Crippen LogP contribution in [0, 0.1) is 0 Å². The molecule has 3 heteroatoms. The first-order valence-corrected chi connectivity index (χ1v) is 4.27. The fourth-order valence-corrected chi connectivity index (χ4v) is 1.41. The molecule has 0 aromatic carbocycles. The van der Waals surface area contributed by atoms with E-state index in [1.807, 2.05) is 11.9 Å². The van der Waals surface area contributed by atoms with Crippen molar-refractivity contribution in [3.63, 3.8) is 0 Å². The standard InChI is InChI=1S/C8H16N2O/c1-9-7-8(11)10-5-3-2-4-6-10/h9H,2-7H2,1H3. The smallest absolute Gasteiger partial charge is 0.236 e. The van der Waals surface area contributed by atoms with Crippen LogP contribution in [0.4, 0.5) is 0 Å². The molecule has 0 aliphatic carbocycles. The number of nitrogens with one attached hydrogen (secondary N) is 1. The SMILES string of the molecule is CNCC(=O)N1CCCCC1. The lowest BCUT2D eigenvalue weighted by atomic mass is 10.1. The summed E-state index contributed by atoms with van der Waals surface area (Å²) < 4.78 is 0. The predicted molar refractivity (Wildman–Crippen MR) is 44.4 cm³/mol. The van der Waals surface area contributed by atoms with E-state index in [0.29, 0.717) is 6.54 Å². The van der Waals surface area contributed by atoms with E-state index in [0.717, 1.165) is 13.1 Å². The lowest BCUT2D eigenvalue weighted by molar-refractivity contribution is -0.131. The molecule has 11 heavy (non-hydrogen) atoms. The molecule has 0 spiro atoms. The summed E-state index contributed by atoms with van der Waals surface area (Å²) in [5, 5.41) is 2.87. The van der Waals surface area contributed by atoms with Gasteiger partial charge in [0.1, 0.15) is 0 Å². The highest BCUT2D eigenvalue weighted by atomic mass is 16.2. The number of hydrogen-bond acceptors (Lipinski definition) is 2. The Morgan fingerprint density at radius 1 is 1.36 bits per heavy atom. The number of piperidine rings is 1. The first kappa shape index (κ1) is 8.53. The van der Waals surface area contributed by atoms with Gasteiger partial charge in [0.05, 0.1) is 6.54 Å². The number of nitrogens with zero attached hydrogens (tertiary/aromatic N) is 1. The highest BCUT2D eigenvalue weighted by molar-refractivity contribution is 5.78. The second kappa shape index (κ2) is 4.34. The fraction of sp³-hybridized carbons (Fsp3) is 0.875. The molecule has 1 rings (SSSR count). The number of carbonyl (C=O) groups excluding carboxylic acids is 1. The quantitative estimate of drug-likeness (QED) is 0.620. The molecule has 1 aliphatic rings. The van der Waals surface area contributed by atoms with Crippen molar-refractivity contribution in [3.05, 3.63) is 0 Å². The van der Waals surface area contributed by atoms with Crippen molar-refractivity contribution in [3.8, 4) is 0 Å². The van der Waals surface area contributed by atoms with Gasteiger partial charge in [0.2, 0.25) is 5.91 Å². The Balaban J connectivity index is 2.27. The monoisotopic (exact) mass is 156 g/mol. The second-order valence-corrected chi connectivity index (χ2v) is 2.97. The van der Waals surface area contributed by atoms with Crippen LogP contribution in [0.2, 0.25) is 0 Å². The Hall–Kier alpha value is -0.570. The van der Waals surface area contributed by atoms with Crippen molar-refractivity contribution in [1.82, 2.24) is 10.2 Å². The van der Waals surface area contributed by atoms with E-state index in [9.17, 15) is 4.79 Å². The van der Waals surface area contributed by atoms with Crippen molar-refractivity contribution in [2.75, 3.05) is 26.7 Å². The zero-order valence-corrected chi connectivity index (χ0v) is 7.10. The summed E-state index contributed by atoms with van der Waals surface area (Å²) in [5.74, 6) is 0.243. The summed E-state index contributed by atoms with van der Waals surface area (Å²) in [4.78, 5) is 13.2. The molecule has 0 aromatic rings. The molecule has 0 saturated carbocycles. The predicted octanol–water partition coefficient (Wildman–Crippen LogP) is 0.218. The molecule has 1 heterocycles. The molecule has 0 radical (unpaired) electrons. The van der Waals surface area contributed by atoms with Crippen molar-refractivity contribution in [1.29, 1.82) is 0 Å². The molecule has 0 aromatic heterocycles. The van der Waals surface area contributed by atoms with Crippen LogP contribution in [-0.2, 0) is 4.79 Å². The van der Waals surface area contributed by atoms with Gasteiger partial charge in [-0.05, 0) is 26.3 Å². The number of likely N-dealkylation sites (tertiary alicyclic amines) is 1. The molecular weight excluding hydrogens is 140 g/mol. The van der Waals surface area contributed by atoms with Gasteiger partial charge in [0.25, 0.3) is 0 Å². The summed E-state index contributed by atoms with van der Waals surface area (Å²) in [6.45, 7) is 2.40. The highest BCUT2D eigenvalue weighted by Gasteiger charge is 2.14. The van der Waals surface area contributed by atoms with Gasteiger partial charge in [-0.1, -0.05) is 0 Å². The number of carbonyl (C=O) groups is 1. The van der Waals surface area contributed by atoms with E-state index in [-0.39, 0.29) is 5.91 Å². The largest absolute Gasteiger partial charge is 0.342 e. The minimum absolute atomic E-state index is 0.243. The van der Waals surface area contributed by atoms with Gasteiger partial charge >= 0.3 is 0 Å². The first-order chi connectivity index (χ1) is 5.34. The lowest BCUT2D eigenvalue weighted by Gasteiger charge is -2.26. The fourth-order valence-electron chi connectivity index (χ4n) is 1.41. The molecule has 1 fully saturated rings. The maximum absolute atomic E-state index is 11.3. The van der Waals surface area contributed by atoms with E-state index in [4.69, 9.17) is 0 Å². The van der Waals surface area contributed by atoms with E-state index in [1.54, 1.807) is 0 Å². The maximum atomic E-state index is 11.3. The van der Waals surface area contributed by atoms with Crippen LogP contribution < -0.4 is 5.32 Å². The zero-order chi connectivity index (χ0) is 8.10. The van der Waals surface area contributed by atoms with Crippen molar-refractivity contribution in [2.24, 2.45) is 0 Å². The Morgan fingerprint density at radius 2 is 2.00 bits per heavy atom. The van der Waals surface area contributed by atoms with Crippen molar-refractivity contribution < 1.29 is 4.79 Å². The zero-order valence-electron chi connectivity index (χ0n) is 7.10. The van der Waals surface area contributed by atoms with Gasteiger partial charge in [-0.15, -0.1) is 0 Å². The molecule has 64 valence electrons. The van der Waals surface area contributed by atoms with Crippen LogP contribution in [0.15, 0.2) is 0 Å². The van der Waals surface area contributed by atoms with Gasteiger partial charge in [-0.3, -0.25) is 4.79 Å². The Kier molecular flexibility index (Phi) is 3.36. The van der Waals surface area contributed by atoms with Crippen LogP contribution in [0.25, 0.3) is 0 Å². The van der Waals surface area contributed by atoms with Crippen molar-refractivity contribution >= 4 is 5.91 Å². The molecule has 0 bridgehead atoms. The van der Waals surface area contributed by atoms with Crippen LogP contribution in [0.3, 0.4) is 0 Å². The molecule has 1 N–H and O–H groups in total. The minimum Gasteiger partial charge on any atom is -0.342 e. The average Bonchev–Trinajstić information content (AvgIpc) is 2.07. The molecular formula is C8H16N2O. The molecule has 0 unspecified atom stereocenters. The summed E-state index contributed by atoms with van der Waals surface area (Å²) >= 11 is 0. The third-order valence-electron chi connectivity index (χ3n) is 2.04. The van der Waals surface area contributed by atoms with E-state index in [2.05, 4.69) is 5.32 Å². The molecule has 3 nitrogen and oxygen atoms in total. The van der Waals surface area contributed by atoms with Crippen LogP contribution in [0.1, 0.15) is 19.3 Å². The Bertz CT molecular complexity index is 130. The summed E-state index contributed by atoms with van der Waals surface area (Å²) in [6.07, 6.45) is 3.63. The van der Waals surface area contributed by atoms with Crippen LogP contribution in [0.5, 0.6) is 0 Å². The first-order valence-electron chi connectivity index (χ1n) is 4.27.